The molecule has 1 aromatic carbocycles. The Morgan fingerprint density at radius 2 is 2.00 bits per heavy atom. The molecule has 7 nitrogen and oxygen atoms in total. The minimum Gasteiger partial charge on any atom is -0.465 e. The van der Waals surface area contributed by atoms with Crippen molar-refractivity contribution in [1.29, 1.82) is 5.26 Å². The number of nitriles is 1. The topological polar surface area (TPSA) is 96.1 Å². The van der Waals surface area contributed by atoms with Crippen LogP contribution in [0.25, 0.3) is 16.8 Å². The van der Waals surface area contributed by atoms with Crippen molar-refractivity contribution in [2.24, 2.45) is 0 Å². The van der Waals surface area contributed by atoms with Crippen LogP contribution in [0.5, 0.6) is 6.01 Å². The lowest BCUT2D eigenvalue weighted by Crippen LogP contribution is -2.20. The van der Waals surface area contributed by atoms with E-state index in [0.29, 0.717) is 11.3 Å². The average molecular weight is 359 g/mol. The van der Waals surface area contributed by atoms with Crippen molar-refractivity contribution in [1.82, 2.24) is 19.6 Å². The number of aromatic nitrogens is 4. The van der Waals surface area contributed by atoms with Gasteiger partial charge in [0.2, 0.25) is 0 Å². The van der Waals surface area contributed by atoms with Crippen LogP contribution >= 0.6 is 0 Å². The second-order valence-corrected chi connectivity index (χ2v) is 5.86. The van der Waals surface area contributed by atoms with Gasteiger partial charge < -0.3 is 4.74 Å². The number of nitrogens with one attached hydrogen (secondary N) is 1. The number of halogens is 2. The molecular formula is C17H15F2N5O2. The highest BCUT2D eigenvalue weighted by atomic mass is 19.1. The van der Waals surface area contributed by atoms with Gasteiger partial charge >= 0.3 is 5.69 Å². The first-order valence-corrected chi connectivity index (χ1v) is 7.92. The molecule has 26 heavy (non-hydrogen) atoms. The zero-order valence-corrected chi connectivity index (χ0v) is 14.3. The summed E-state index contributed by atoms with van der Waals surface area (Å²) in [6, 6.07) is 3.54. The zero-order chi connectivity index (χ0) is 19.0. The van der Waals surface area contributed by atoms with E-state index in [1.807, 2.05) is 13.8 Å². The van der Waals surface area contributed by atoms with E-state index in [-0.39, 0.29) is 29.7 Å². The lowest BCUT2D eigenvalue weighted by Gasteiger charge is -2.07. The van der Waals surface area contributed by atoms with Crippen LogP contribution in [0.2, 0.25) is 0 Å². The molecular weight excluding hydrogens is 344 g/mol. The number of fused-ring (bicyclic) bond motifs is 1. The van der Waals surface area contributed by atoms with Gasteiger partial charge in [0, 0.05) is 0 Å². The first-order chi connectivity index (χ1) is 12.4. The largest absolute Gasteiger partial charge is 0.465 e. The van der Waals surface area contributed by atoms with Crippen molar-refractivity contribution in [3.8, 4) is 23.2 Å². The Balaban J connectivity index is 2.39. The molecule has 2 aromatic heterocycles. The number of hydrogen-bond acceptors (Lipinski definition) is 5. The molecule has 0 radical (unpaired) electrons. The van der Waals surface area contributed by atoms with E-state index in [4.69, 9.17) is 10.00 Å². The van der Waals surface area contributed by atoms with Gasteiger partial charge in [-0.1, -0.05) is 13.8 Å². The van der Waals surface area contributed by atoms with Crippen LogP contribution in [0.4, 0.5) is 8.78 Å². The normalized spacial score (nSPS) is 11.1. The highest BCUT2D eigenvalue weighted by Gasteiger charge is 2.23. The second-order valence-electron chi connectivity index (χ2n) is 5.86. The number of nitrogens with zero attached hydrogens (tertiary/aromatic N) is 4. The standard InChI is InChI=1S/C17H15F2N5O2/c1-4-26-16-21-15-13(9-5-11(18)10(7-20)12(19)6-9)14(8(2)3)23-24(15)17(25)22-16/h5-6,8H,4H2,1-3H3,(H,21,22,25). The Morgan fingerprint density at radius 1 is 1.35 bits per heavy atom. The fourth-order valence-corrected chi connectivity index (χ4v) is 2.65. The highest BCUT2D eigenvalue weighted by molar-refractivity contribution is 5.80. The minimum atomic E-state index is -0.994. The van der Waals surface area contributed by atoms with Gasteiger partial charge in [-0.2, -0.15) is 19.9 Å². The molecule has 0 fully saturated rings. The zero-order valence-electron chi connectivity index (χ0n) is 14.3. The monoisotopic (exact) mass is 359 g/mol. The average Bonchev–Trinajstić information content (AvgIpc) is 2.95. The van der Waals surface area contributed by atoms with Crippen molar-refractivity contribution >= 4 is 5.65 Å². The molecule has 0 saturated heterocycles. The van der Waals surface area contributed by atoms with Gasteiger partial charge in [-0.25, -0.2) is 13.6 Å². The fourth-order valence-electron chi connectivity index (χ4n) is 2.65. The SMILES string of the molecule is CCOc1nc2c(-c3cc(F)c(C#N)c(F)c3)c(C(C)C)nn2c(=O)[nH]1. The summed E-state index contributed by atoms with van der Waals surface area (Å²) in [5.74, 6) is -2.14. The third kappa shape index (κ3) is 2.79. The Kier molecular flexibility index (Phi) is 4.42. The lowest BCUT2D eigenvalue weighted by atomic mass is 9.98. The second kappa shape index (κ2) is 6.55. The van der Waals surface area contributed by atoms with Crippen LogP contribution in [0, 0.1) is 23.0 Å². The van der Waals surface area contributed by atoms with Crippen LogP contribution < -0.4 is 10.4 Å². The predicted octanol–water partition coefficient (Wildman–Crippen LogP) is 2.76. The Hall–Kier alpha value is -3.28. The van der Waals surface area contributed by atoms with Gasteiger partial charge in [0.25, 0.3) is 6.01 Å². The molecule has 0 spiro atoms. The molecule has 9 heteroatoms. The Labute approximate surface area is 146 Å². The molecule has 0 aliphatic rings. The summed E-state index contributed by atoms with van der Waals surface area (Å²) >= 11 is 0. The summed E-state index contributed by atoms with van der Waals surface area (Å²) < 4.78 is 34.5. The Morgan fingerprint density at radius 3 is 2.54 bits per heavy atom. The van der Waals surface area contributed by atoms with E-state index in [1.54, 1.807) is 6.92 Å². The molecule has 0 aliphatic heterocycles. The van der Waals surface area contributed by atoms with Crippen LogP contribution in [0.1, 0.15) is 37.9 Å². The summed E-state index contributed by atoms with van der Waals surface area (Å²) in [5.41, 5.74) is -0.240. The van der Waals surface area contributed by atoms with Gasteiger partial charge in [-0.15, -0.1) is 0 Å². The van der Waals surface area contributed by atoms with Crippen LogP contribution in [0.15, 0.2) is 16.9 Å². The van der Waals surface area contributed by atoms with E-state index in [9.17, 15) is 13.6 Å². The number of benzene rings is 1. The third-order valence-corrected chi connectivity index (χ3v) is 3.77. The van der Waals surface area contributed by atoms with Gasteiger partial charge in [0.1, 0.15) is 23.3 Å². The highest BCUT2D eigenvalue weighted by Crippen LogP contribution is 2.33. The molecule has 3 aromatic rings. The summed E-state index contributed by atoms with van der Waals surface area (Å²) in [6.45, 7) is 5.67. The Bertz CT molecular complexity index is 1070. The van der Waals surface area contributed by atoms with E-state index in [0.717, 1.165) is 16.6 Å². The van der Waals surface area contributed by atoms with Gasteiger partial charge in [0.05, 0.1) is 17.9 Å². The van der Waals surface area contributed by atoms with Crippen molar-refractivity contribution in [2.75, 3.05) is 6.61 Å². The molecule has 0 aliphatic carbocycles. The molecule has 0 atom stereocenters. The molecule has 0 bridgehead atoms. The van der Waals surface area contributed by atoms with Crippen LogP contribution in [-0.2, 0) is 0 Å². The first kappa shape index (κ1) is 17.5. The maximum Gasteiger partial charge on any atom is 0.352 e. The maximum atomic E-state index is 14.1. The third-order valence-electron chi connectivity index (χ3n) is 3.77. The number of ether oxygens (including phenoxy) is 1. The van der Waals surface area contributed by atoms with E-state index in [1.165, 1.54) is 6.07 Å². The fraction of sp³-hybridized carbons (Fsp3) is 0.294. The van der Waals surface area contributed by atoms with Crippen LogP contribution in [-0.4, -0.2) is 26.2 Å². The number of rotatable bonds is 4. The maximum absolute atomic E-state index is 14.1. The number of aromatic amines is 1. The van der Waals surface area contributed by atoms with Gasteiger partial charge in [0.15, 0.2) is 5.65 Å². The van der Waals surface area contributed by atoms with Crippen LogP contribution in [0.3, 0.4) is 0 Å². The number of H-pyrrole nitrogens is 1. The quantitative estimate of drug-likeness (QED) is 0.773. The molecule has 1 N–H and O–H groups in total. The molecule has 134 valence electrons. The molecule has 3 rings (SSSR count). The van der Waals surface area contributed by atoms with E-state index >= 15 is 0 Å². The van der Waals surface area contributed by atoms with Crippen molar-refractivity contribution < 1.29 is 13.5 Å². The van der Waals surface area contributed by atoms with E-state index < -0.39 is 22.9 Å². The smallest absolute Gasteiger partial charge is 0.352 e. The summed E-state index contributed by atoms with van der Waals surface area (Å²) in [4.78, 5) is 18.9. The molecule has 0 saturated carbocycles. The molecule has 0 unspecified atom stereocenters. The first-order valence-electron chi connectivity index (χ1n) is 7.92. The molecule has 0 amide bonds. The van der Waals surface area contributed by atoms with Crippen molar-refractivity contribution in [2.45, 2.75) is 26.7 Å². The lowest BCUT2D eigenvalue weighted by molar-refractivity contribution is 0.310. The van der Waals surface area contributed by atoms with Crippen molar-refractivity contribution in [3.63, 3.8) is 0 Å². The number of hydrogen-bond donors (Lipinski definition) is 1. The summed E-state index contributed by atoms with van der Waals surface area (Å²) in [7, 11) is 0. The molecule has 2 heterocycles. The van der Waals surface area contributed by atoms with E-state index in [2.05, 4.69) is 15.1 Å². The summed E-state index contributed by atoms with van der Waals surface area (Å²) in [6.07, 6.45) is 0. The van der Waals surface area contributed by atoms with Crippen molar-refractivity contribution in [3.05, 3.63) is 45.5 Å². The minimum absolute atomic E-state index is 0.0176. The summed E-state index contributed by atoms with van der Waals surface area (Å²) in [5, 5.41) is 13.1. The predicted molar refractivity (Wildman–Crippen MR) is 88.9 cm³/mol. The van der Waals surface area contributed by atoms with Gasteiger partial charge in [-0.3, -0.25) is 4.98 Å². The van der Waals surface area contributed by atoms with Gasteiger partial charge in [-0.05, 0) is 30.5 Å².